The van der Waals surface area contributed by atoms with Crippen LogP contribution in [-0.2, 0) is 6.54 Å². The van der Waals surface area contributed by atoms with Gasteiger partial charge >= 0.3 is 0 Å². The molecule has 0 aliphatic carbocycles. The summed E-state index contributed by atoms with van der Waals surface area (Å²) >= 11 is 0. The third-order valence-corrected chi connectivity index (χ3v) is 2.68. The van der Waals surface area contributed by atoms with Crippen LogP contribution >= 0.6 is 0 Å². The fourth-order valence-corrected chi connectivity index (χ4v) is 1.83. The van der Waals surface area contributed by atoms with E-state index in [-0.39, 0.29) is 0 Å². The van der Waals surface area contributed by atoms with Crippen molar-refractivity contribution in [3.63, 3.8) is 0 Å². The Morgan fingerprint density at radius 1 is 1.35 bits per heavy atom. The van der Waals surface area contributed by atoms with E-state index in [1.807, 2.05) is 32.0 Å². The number of hydrogen-bond donors (Lipinski definition) is 1. The quantitative estimate of drug-likeness (QED) is 0.882. The third-order valence-electron chi connectivity index (χ3n) is 2.68. The number of hydrogen-bond acceptors (Lipinski definition) is 4. The van der Waals surface area contributed by atoms with E-state index >= 15 is 0 Å². The second kappa shape index (κ2) is 4.59. The maximum Gasteiger partial charge on any atom is 0.208 e. The van der Waals surface area contributed by atoms with Gasteiger partial charge in [0.2, 0.25) is 5.89 Å². The molecule has 0 saturated carbocycles. The maximum absolute atomic E-state index is 5.51. The standard InChI is InChI=1S/C13H16N2O2/c1-8-6-10(4-5-11(8)16-3)13-9(2)17-12(7-14)15-13/h4-6H,7,14H2,1-3H3. The van der Waals surface area contributed by atoms with E-state index in [1.165, 1.54) is 0 Å². The van der Waals surface area contributed by atoms with Gasteiger partial charge in [-0.1, -0.05) is 0 Å². The van der Waals surface area contributed by atoms with Gasteiger partial charge in [-0.2, -0.15) is 0 Å². The fourth-order valence-electron chi connectivity index (χ4n) is 1.83. The van der Waals surface area contributed by atoms with Gasteiger partial charge in [0.05, 0.1) is 13.7 Å². The van der Waals surface area contributed by atoms with Crippen molar-refractivity contribution in [3.8, 4) is 17.0 Å². The first kappa shape index (κ1) is 11.7. The highest BCUT2D eigenvalue weighted by molar-refractivity contribution is 5.63. The molecule has 1 heterocycles. The topological polar surface area (TPSA) is 61.3 Å². The molecule has 2 aromatic rings. The lowest BCUT2D eigenvalue weighted by atomic mass is 10.1. The highest BCUT2D eigenvalue weighted by atomic mass is 16.5. The SMILES string of the molecule is COc1ccc(-c2nc(CN)oc2C)cc1C. The van der Waals surface area contributed by atoms with E-state index < -0.39 is 0 Å². The Bertz CT molecular complexity index is 532. The molecule has 0 bridgehead atoms. The third kappa shape index (κ3) is 2.17. The van der Waals surface area contributed by atoms with Gasteiger partial charge in [0.1, 0.15) is 17.2 Å². The van der Waals surface area contributed by atoms with Crippen molar-refractivity contribution < 1.29 is 9.15 Å². The number of nitrogens with zero attached hydrogens (tertiary/aromatic N) is 1. The second-order valence-corrected chi connectivity index (χ2v) is 3.90. The molecule has 0 spiro atoms. The largest absolute Gasteiger partial charge is 0.496 e. The minimum absolute atomic E-state index is 0.315. The lowest BCUT2D eigenvalue weighted by molar-refractivity contribution is 0.412. The van der Waals surface area contributed by atoms with Crippen molar-refractivity contribution in [2.45, 2.75) is 20.4 Å². The van der Waals surface area contributed by atoms with Gasteiger partial charge in [0.15, 0.2) is 0 Å². The smallest absolute Gasteiger partial charge is 0.208 e. The Hall–Kier alpha value is -1.81. The van der Waals surface area contributed by atoms with Gasteiger partial charge in [-0.15, -0.1) is 0 Å². The van der Waals surface area contributed by atoms with Crippen molar-refractivity contribution in [2.24, 2.45) is 5.73 Å². The Morgan fingerprint density at radius 2 is 2.12 bits per heavy atom. The molecule has 2 N–H and O–H groups in total. The zero-order chi connectivity index (χ0) is 12.4. The van der Waals surface area contributed by atoms with E-state index in [0.29, 0.717) is 12.4 Å². The predicted octanol–water partition coefficient (Wildman–Crippen LogP) is 2.43. The number of benzene rings is 1. The maximum atomic E-state index is 5.51. The number of ether oxygens (including phenoxy) is 1. The molecule has 4 heteroatoms. The Labute approximate surface area is 100 Å². The molecule has 0 saturated heterocycles. The summed E-state index contributed by atoms with van der Waals surface area (Å²) < 4.78 is 10.7. The van der Waals surface area contributed by atoms with Crippen LogP contribution in [0.15, 0.2) is 22.6 Å². The highest BCUT2D eigenvalue weighted by Gasteiger charge is 2.11. The first-order chi connectivity index (χ1) is 8.15. The van der Waals surface area contributed by atoms with Gasteiger partial charge in [0.25, 0.3) is 0 Å². The summed E-state index contributed by atoms with van der Waals surface area (Å²) in [6.07, 6.45) is 0. The van der Waals surface area contributed by atoms with E-state index in [0.717, 1.165) is 28.3 Å². The number of aromatic nitrogens is 1. The van der Waals surface area contributed by atoms with Crippen LogP contribution in [0.2, 0.25) is 0 Å². The van der Waals surface area contributed by atoms with Gasteiger partial charge in [-0.05, 0) is 37.6 Å². The van der Waals surface area contributed by atoms with Crippen molar-refractivity contribution in [2.75, 3.05) is 7.11 Å². The Balaban J connectivity index is 2.45. The molecule has 0 aliphatic rings. The van der Waals surface area contributed by atoms with Crippen LogP contribution in [-0.4, -0.2) is 12.1 Å². The highest BCUT2D eigenvalue weighted by Crippen LogP contribution is 2.27. The minimum atomic E-state index is 0.315. The molecule has 1 aromatic heterocycles. The molecule has 0 atom stereocenters. The van der Waals surface area contributed by atoms with E-state index in [2.05, 4.69) is 4.98 Å². The number of aryl methyl sites for hydroxylation is 2. The number of rotatable bonds is 3. The van der Waals surface area contributed by atoms with Crippen molar-refractivity contribution in [1.82, 2.24) is 4.98 Å². The summed E-state index contributed by atoms with van der Waals surface area (Å²) in [7, 11) is 1.66. The summed E-state index contributed by atoms with van der Waals surface area (Å²) in [6.45, 7) is 4.21. The summed E-state index contributed by atoms with van der Waals surface area (Å²) in [5.41, 5.74) is 8.44. The zero-order valence-electron chi connectivity index (χ0n) is 10.3. The van der Waals surface area contributed by atoms with Crippen LogP contribution in [0.4, 0.5) is 0 Å². The Kier molecular flexibility index (Phi) is 3.15. The fraction of sp³-hybridized carbons (Fsp3) is 0.308. The molecule has 4 nitrogen and oxygen atoms in total. The molecule has 0 amide bonds. The van der Waals surface area contributed by atoms with Gasteiger partial charge in [0, 0.05) is 5.56 Å². The van der Waals surface area contributed by atoms with E-state index in [4.69, 9.17) is 14.9 Å². The van der Waals surface area contributed by atoms with E-state index in [1.54, 1.807) is 7.11 Å². The molecule has 1 aromatic carbocycles. The second-order valence-electron chi connectivity index (χ2n) is 3.90. The predicted molar refractivity (Wildman–Crippen MR) is 65.9 cm³/mol. The van der Waals surface area contributed by atoms with Gasteiger partial charge in [-0.25, -0.2) is 4.98 Å². The normalized spacial score (nSPS) is 10.6. The van der Waals surface area contributed by atoms with Crippen molar-refractivity contribution in [1.29, 1.82) is 0 Å². The van der Waals surface area contributed by atoms with Crippen LogP contribution in [0.5, 0.6) is 5.75 Å². The molecule has 17 heavy (non-hydrogen) atoms. The Morgan fingerprint density at radius 3 is 2.65 bits per heavy atom. The lowest BCUT2D eigenvalue weighted by Gasteiger charge is -2.05. The monoisotopic (exact) mass is 232 g/mol. The number of nitrogens with two attached hydrogens (primary N) is 1. The molecule has 0 aliphatic heterocycles. The van der Waals surface area contributed by atoms with Crippen LogP contribution in [0.1, 0.15) is 17.2 Å². The average Bonchev–Trinajstić information content (AvgIpc) is 2.70. The van der Waals surface area contributed by atoms with Gasteiger partial charge in [-0.3, -0.25) is 0 Å². The van der Waals surface area contributed by atoms with Crippen LogP contribution < -0.4 is 10.5 Å². The minimum Gasteiger partial charge on any atom is -0.496 e. The lowest BCUT2D eigenvalue weighted by Crippen LogP contribution is -1.95. The molecule has 0 fully saturated rings. The van der Waals surface area contributed by atoms with Crippen LogP contribution in [0, 0.1) is 13.8 Å². The summed E-state index contributed by atoms with van der Waals surface area (Å²) in [5.74, 6) is 2.22. The molecular formula is C13H16N2O2. The summed E-state index contributed by atoms with van der Waals surface area (Å²) in [5, 5.41) is 0. The average molecular weight is 232 g/mol. The first-order valence-electron chi connectivity index (χ1n) is 5.47. The number of methoxy groups -OCH3 is 1. The number of oxazole rings is 1. The molecule has 2 rings (SSSR count). The molecular weight excluding hydrogens is 216 g/mol. The van der Waals surface area contributed by atoms with E-state index in [9.17, 15) is 0 Å². The molecule has 0 unspecified atom stereocenters. The van der Waals surface area contributed by atoms with Crippen molar-refractivity contribution >= 4 is 0 Å². The van der Waals surface area contributed by atoms with Crippen LogP contribution in [0.3, 0.4) is 0 Å². The summed E-state index contributed by atoms with van der Waals surface area (Å²) in [4.78, 5) is 4.36. The molecule has 90 valence electrons. The van der Waals surface area contributed by atoms with Crippen LogP contribution in [0.25, 0.3) is 11.3 Å². The summed E-state index contributed by atoms with van der Waals surface area (Å²) in [6, 6.07) is 5.93. The molecule has 0 radical (unpaired) electrons. The van der Waals surface area contributed by atoms with Gasteiger partial charge < -0.3 is 14.9 Å². The first-order valence-corrected chi connectivity index (χ1v) is 5.47. The van der Waals surface area contributed by atoms with Crippen molar-refractivity contribution in [3.05, 3.63) is 35.4 Å². The zero-order valence-corrected chi connectivity index (χ0v) is 10.3.